The van der Waals surface area contributed by atoms with Crippen LogP contribution in [-0.2, 0) is 13.0 Å². The van der Waals surface area contributed by atoms with E-state index in [0.29, 0.717) is 11.9 Å². The van der Waals surface area contributed by atoms with Crippen LogP contribution in [0.1, 0.15) is 17.4 Å². The number of aromatic nitrogens is 2. The molecule has 3 rings (SSSR count). The van der Waals surface area contributed by atoms with Crippen molar-refractivity contribution in [3.8, 4) is 0 Å². The molecular weight excluding hydrogens is 302 g/mol. The van der Waals surface area contributed by atoms with Crippen LogP contribution in [0.2, 0.25) is 0 Å². The van der Waals surface area contributed by atoms with Crippen LogP contribution in [-0.4, -0.2) is 14.5 Å². The number of hydrogen-bond donors (Lipinski definition) is 0. The van der Waals surface area contributed by atoms with E-state index in [4.69, 9.17) is 0 Å². The molecule has 112 valence electrons. The molecule has 0 unspecified atom stereocenters. The van der Waals surface area contributed by atoms with Crippen LogP contribution in [0.3, 0.4) is 0 Å². The average Bonchev–Trinajstić information content (AvgIpc) is 2.95. The highest BCUT2D eigenvalue weighted by Gasteiger charge is 2.09. The predicted molar refractivity (Wildman–Crippen MR) is 85.5 cm³/mol. The summed E-state index contributed by atoms with van der Waals surface area (Å²) in [6.07, 6.45) is 2.41. The van der Waals surface area contributed by atoms with Crippen molar-refractivity contribution in [1.29, 1.82) is 0 Å². The lowest BCUT2D eigenvalue weighted by molar-refractivity contribution is -0.384. The second-order valence-electron chi connectivity index (χ2n) is 4.89. The Hall–Kier alpha value is -2.54. The number of benzene rings is 1. The molecule has 0 bridgehead atoms. The minimum absolute atomic E-state index is 0.0371. The minimum atomic E-state index is -0.443. The number of rotatable bonds is 4. The van der Waals surface area contributed by atoms with Gasteiger partial charge in [0.25, 0.3) is 11.2 Å². The van der Waals surface area contributed by atoms with Crippen LogP contribution in [0.25, 0.3) is 10.2 Å². The third-order valence-electron chi connectivity index (χ3n) is 3.42. The molecule has 0 radical (unpaired) electrons. The summed E-state index contributed by atoms with van der Waals surface area (Å²) in [6, 6.07) is 8.07. The molecule has 0 amide bonds. The van der Waals surface area contributed by atoms with E-state index in [1.807, 2.05) is 13.0 Å². The molecule has 3 aromatic rings. The quantitative estimate of drug-likeness (QED) is 0.548. The number of thiophene rings is 1. The zero-order valence-corrected chi connectivity index (χ0v) is 12.7. The summed E-state index contributed by atoms with van der Waals surface area (Å²) in [4.78, 5) is 28.9. The fourth-order valence-corrected chi connectivity index (χ4v) is 3.14. The Morgan fingerprint density at radius 2 is 2.05 bits per heavy atom. The van der Waals surface area contributed by atoms with Crippen molar-refractivity contribution >= 4 is 27.2 Å². The summed E-state index contributed by atoms with van der Waals surface area (Å²) in [5.41, 5.74) is 0.772. The number of nitro benzene ring substituents is 1. The molecular formula is C15H13N3O3S. The van der Waals surface area contributed by atoms with Crippen LogP contribution in [0, 0.1) is 10.1 Å². The first-order valence-corrected chi connectivity index (χ1v) is 7.61. The van der Waals surface area contributed by atoms with Gasteiger partial charge in [-0.05, 0) is 18.1 Å². The summed E-state index contributed by atoms with van der Waals surface area (Å²) < 4.78 is 1.52. The zero-order valence-electron chi connectivity index (χ0n) is 11.9. The standard InChI is InChI=1S/C15H13N3O3S/c1-2-12-7-13-14(22-12)16-9-17(15(13)19)8-10-3-5-11(6-4-10)18(20)21/h3-7,9H,2,8H2,1H3. The van der Waals surface area contributed by atoms with Crippen LogP contribution in [0.15, 0.2) is 41.5 Å². The second-order valence-corrected chi connectivity index (χ2v) is 6.00. The van der Waals surface area contributed by atoms with Gasteiger partial charge in [-0.25, -0.2) is 4.98 Å². The maximum absolute atomic E-state index is 12.5. The summed E-state index contributed by atoms with van der Waals surface area (Å²) >= 11 is 1.53. The molecule has 0 atom stereocenters. The van der Waals surface area contributed by atoms with Crippen molar-refractivity contribution in [1.82, 2.24) is 9.55 Å². The fraction of sp³-hybridized carbons (Fsp3) is 0.200. The zero-order chi connectivity index (χ0) is 15.7. The molecule has 6 nitrogen and oxygen atoms in total. The van der Waals surface area contributed by atoms with Gasteiger partial charge in [0.2, 0.25) is 0 Å². The van der Waals surface area contributed by atoms with E-state index in [0.717, 1.165) is 21.7 Å². The highest BCUT2D eigenvalue weighted by molar-refractivity contribution is 7.18. The van der Waals surface area contributed by atoms with E-state index in [2.05, 4.69) is 4.98 Å². The van der Waals surface area contributed by atoms with Crippen LogP contribution in [0.5, 0.6) is 0 Å². The molecule has 2 heterocycles. The van der Waals surface area contributed by atoms with E-state index in [9.17, 15) is 14.9 Å². The van der Waals surface area contributed by atoms with Gasteiger partial charge in [0.1, 0.15) is 4.83 Å². The minimum Gasteiger partial charge on any atom is -0.294 e. The van der Waals surface area contributed by atoms with Gasteiger partial charge in [-0.15, -0.1) is 11.3 Å². The van der Waals surface area contributed by atoms with Gasteiger partial charge in [0, 0.05) is 17.0 Å². The van der Waals surface area contributed by atoms with E-state index < -0.39 is 4.92 Å². The molecule has 0 N–H and O–H groups in total. The molecule has 0 aliphatic carbocycles. The highest BCUT2D eigenvalue weighted by Crippen LogP contribution is 2.21. The Labute approximate surface area is 129 Å². The van der Waals surface area contributed by atoms with Gasteiger partial charge in [0.05, 0.1) is 23.2 Å². The maximum Gasteiger partial charge on any atom is 0.269 e. The van der Waals surface area contributed by atoms with Crippen molar-refractivity contribution in [2.24, 2.45) is 0 Å². The monoisotopic (exact) mass is 315 g/mol. The number of hydrogen-bond acceptors (Lipinski definition) is 5. The Kier molecular flexibility index (Phi) is 3.72. The van der Waals surface area contributed by atoms with Gasteiger partial charge < -0.3 is 0 Å². The molecule has 0 spiro atoms. The van der Waals surface area contributed by atoms with Crippen LogP contribution < -0.4 is 5.56 Å². The molecule has 0 fully saturated rings. The Morgan fingerprint density at radius 3 is 2.68 bits per heavy atom. The third kappa shape index (κ3) is 2.62. The van der Waals surface area contributed by atoms with Crippen LogP contribution in [0.4, 0.5) is 5.69 Å². The molecule has 7 heteroatoms. The summed E-state index contributed by atoms with van der Waals surface area (Å²) in [6.45, 7) is 2.39. The van der Waals surface area contributed by atoms with Gasteiger partial charge >= 0.3 is 0 Å². The van der Waals surface area contributed by atoms with Gasteiger partial charge in [-0.1, -0.05) is 19.1 Å². The summed E-state index contributed by atoms with van der Waals surface area (Å²) in [5, 5.41) is 11.3. The van der Waals surface area contributed by atoms with Crippen molar-refractivity contribution in [3.63, 3.8) is 0 Å². The Balaban J connectivity index is 1.95. The van der Waals surface area contributed by atoms with Crippen LogP contribution >= 0.6 is 11.3 Å². The number of nitrogens with zero attached hydrogens (tertiary/aromatic N) is 3. The first-order chi connectivity index (χ1) is 10.6. The van der Waals surface area contributed by atoms with Crippen molar-refractivity contribution in [3.05, 3.63) is 67.6 Å². The number of aryl methyl sites for hydroxylation is 1. The Bertz CT molecular complexity index is 897. The largest absolute Gasteiger partial charge is 0.294 e. The molecule has 22 heavy (non-hydrogen) atoms. The number of fused-ring (bicyclic) bond motifs is 1. The molecule has 0 aliphatic rings. The molecule has 0 saturated carbocycles. The smallest absolute Gasteiger partial charge is 0.269 e. The lowest BCUT2D eigenvalue weighted by Gasteiger charge is -2.05. The van der Waals surface area contributed by atoms with Crippen molar-refractivity contribution < 1.29 is 4.92 Å². The van der Waals surface area contributed by atoms with Gasteiger partial charge in [0.15, 0.2) is 0 Å². The lowest BCUT2D eigenvalue weighted by atomic mass is 10.2. The SMILES string of the molecule is CCc1cc2c(=O)n(Cc3ccc([N+](=O)[O-])cc3)cnc2s1. The van der Waals surface area contributed by atoms with E-state index in [1.54, 1.807) is 12.1 Å². The van der Waals surface area contributed by atoms with Crippen molar-refractivity contribution in [2.75, 3.05) is 0 Å². The Morgan fingerprint density at radius 1 is 1.32 bits per heavy atom. The summed E-state index contributed by atoms with van der Waals surface area (Å²) in [5.74, 6) is 0. The van der Waals surface area contributed by atoms with Gasteiger partial charge in [-0.2, -0.15) is 0 Å². The number of nitro groups is 1. The second kappa shape index (κ2) is 5.69. The first kappa shape index (κ1) is 14.4. The van der Waals surface area contributed by atoms with E-state index in [-0.39, 0.29) is 11.2 Å². The lowest BCUT2D eigenvalue weighted by Crippen LogP contribution is -2.20. The number of non-ortho nitro benzene ring substituents is 1. The van der Waals surface area contributed by atoms with E-state index in [1.165, 1.54) is 34.4 Å². The van der Waals surface area contributed by atoms with Crippen molar-refractivity contribution in [2.45, 2.75) is 19.9 Å². The maximum atomic E-state index is 12.5. The third-order valence-corrected chi connectivity index (χ3v) is 4.61. The molecule has 0 saturated heterocycles. The molecule has 2 aromatic heterocycles. The first-order valence-electron chi connectivity index (χ1n) is 6.79. The van der Waals surface area contributed by atoms with E-state index >= 15 is 0 Å². The fourth-order valence-electron chi connectivity index (χ4n) is 2.22. The summed E-state index contributed by atoms with van der Waals surface area (Å²) in [7, 11) is 0. The normalized spacial score (nSPS) is 11.0. The predicted octanol–water partition coefficient (Wildman–Crippen LogP) is 2.98. The topological polar surface area (TPSA) is 78.0 Å². The average molecular weight is 315 g/mol. The molecule has 0 aliphatic heterocycles. The van der Waals surface area contributed by atoms with Gasteiger partial charge in [-0.3, -0.25) is 19.5 Å². The molecule has 1 aromatic carbocycles. The highest BCUT2D eigenvalue weighted by atomic mass is 32.1.